The lowest BCUT2D eigenvalue weighted by molar-refractivity contribution is -0.133. The van der Waals surface area contributed by atoms with Crippen molar-refractivity contribution < 1.29 is 14.0 Å². The van der Waals surface area contributed by atoms with Crippen LogP contribution in [0.3, 0.4) is 0 Å². The van der Waals surface area contributed by atoms with Gasteiger partial charge in [-0.15, -0.1) is 10.2 Å². The maximum absolute atomic E-state index is 12.7. The normalized spacial score (nSPS) is 20.6. The topological polar surface area (TPSA) is 101 Å². The van der Waals surface area contributed by atoms with Crippen molar-refractivity contribution in [2.75, 3.05) is 40.3 Å². The minimum absolute atomic E-state index is 0.0465. The minimum Gasteiger partial charge on any atom is -0.423 e. The summed E-state index contributed by atoms with van der Waals surface area (Å²) in [7, 11) is 3.56. The van der Waals surface area contributed by atoms with E-state index >= 15 is 0 Å². The highest BCUT2D eigenvalue weighted by Gasteiger charge is 2.48. The first-order valence-electron chi connectivity index (χ1n) is 11.8. The minimum atomic E-state index is -0.0719. The number of hydrogen-bond acceptors (Lipinski definition) is 7. The van der Waals surface area contributed by atoms with Gasteiger partial charge in [0.2, 0.25) is 23.6 Å². The van der Waals surface area contributed by atoms with Gasteiger partial charge in [-0.05, 0) is 24.7 Å². The second-order valence-electron chi connectivity index (χ2n) is 9.98. The predicted octanol–water partition coefficient (Wildman–Crippen LogP) is 1.92. The zero-order valence-corrected chi connectivity index (χ0v) is 20.1. The molecule has 2 amide bonds. The van der Waals surface area contributed by atoms with Crippen molar-refractivity contribution in [3.8, 4) is 0 Å². The molecule has 1 spiro atoms. The lowest BCUT2D eigenvalue weighted by Gasteiger charge is -2.39. The average molecular weight is 458 g/mol. The Hall–Kier alpha value is -2.75. The van der Waals surface area contributed by atoms with E-state index in [4.69, 9.17) is 4.42 Å². The number of nitrogens with zero attached hydrogens (tertiary/aromatic N) is 7. The Morgan fingerprint density at radius 2 is 2.00 bits per heavy atom. The molecule has 10 nitrogen and oxygen atoms in total. The van der Waals surface area contributed by atoms with Crippen LogP contribution in [0.4, 0.5) is 0 Å². The van der Waals surface area contributed by atoms with Crippen LogP contribution in [0.25, 0.3) is 0 Å². The third-order valence-corrected chi connectivity index (χ3v) is 7.00. The van der Waals surface area contributed by atoms with Gasteiger partial charge in [0.15, 0.2) is 0 Å². The quantitative estimate of drug-likeness (QED) is 0.626. The molecule has 2 aromatic heterocycles. The Kier molecular flexibility index (Phi) is 6.83. The first-order chi connectivity index (χ1) is 15.8. The van der Waals surface area contributed by atoms with E-state index < -0.39 is 0 Å². The summed E-state index contributed by atoms with van der Waals surface area (Å²) in [6.45, 7) is 7.32. The van der Waals surface area contributed by atoms with Crippen molar-refractivity contribution in [1.29, 1.82) is 0 Å². The number of carbonyl (C=O) groups excluding carboxylic acids is 2. The molecule has 0 saturated carbocycles. The first-order valence-corrected chi connectivity index (χ1v) is 11.8. The van der Waals surface area contributed by atoms with Crippen LogP contribution in [-0.4, -0.2) is 86.5 Å². The molecule has 4 heterocycles. The summed E-state index contributed by atoms with van der Waals surface area (Å²) in [4.78, 5) is 35.1. The molecule has 1 unspecified atom stereocenters. The van der Waals surface area contributed by atoms with Crippen molar-refractivity contribution in [2.45, 2.75) is 58.0 Å². The highest BCUT2D eigenvalue weighted by molar-refractivity contribution is 5.78. The van der Waals surface area contributed by atoms with E-state index in [1.807, 2.05) is 29.5 Å². The molecule has 0 radical (unpaired) electrons. The Bertz CT molecular complexity index is 945. The summed E-state index contributed by atoms with van der Waals surface area (Å²) >= 11 is 0. The number of likely N-dealkylation sites (N-methyl/N-ethyl adjacent to an activating group) is 1. The van der Waals surface area contributed by atoms with E-state index in [2.05, 4.69) is 20.1 Å². The van der Waals surface area contributed by atoms with Crippen LogP contribution in [0.2, 0.25) is 0 Å². The van der Waals surface area contributed by atoms with E-state index in [-0.39, 0.29) is 29.2 Å². The fourth-order valence-corrected chi connectivity index (χ4v) is 4.88. The Balaban J connectivity index is 1.41. The fraction of sp³-hybridized carbons (Fsp3) is 0.696. The molecule has 2 fully saturated rings. The molecule has 4 rings (SSSR count). The largest absolute Gasteiger partial charge is 0.423 e. The Morgan fingerprint density at radius 1 is 1.24 bits per heavy atom. The smallest absolute Gasteiger partial charge is 0.236 e. The van der Waals surface area contributed by atoms with Crippen molar-refractivity contribution in [3.63, 3.8) is 0 Å². The molecule has 2 aromatic rings. The van der Waals surface area contributed by atoms with Crippen LogP contribution in [0.15, 0.2) is 23.1 Å². The van der Waals surface area contributed by atoms with E-state index in [1.54, 1.807) is 31.5 Å². The molecule has 180 valence electrons. The zero-order valence-electron chi connectivity index (χ0n) is 20.1. The lowest BCUT2D eigenvalue weighted by atomic mass is 9.76. The van der Waals surface area contributed by atoms with Gasteiger partial charge in [-0.25, -0.2) is 4.98 Å². The summed E-state index contributed by atoms with van der Waals surface area (Å²) in [5, 5.41) is 8.56. The molecule has 0 aromatic carbocycles. The van der Waals surface area contributed by atoms with Gasteiger partial charge in [-0.3, -0.25) is 14.5 Å². The van der Waals surface area contributed by atoms with Crippen LogP contribution < -0.4 is 0 Å². The second-order valence-corrected chi connectivity index (χ2v) is 9.98. The van der Waals surface area contributed by atoms with E-state index in [1.165, 1.54) is 0 Å². The van der Waals surface area contributed by atoms with Crippen molar-refractivity contribution in [3.05, 3.63) is 30.5 Å². The van der Waals surface area contributed by atoms with Crippen LogP contribution in [0, 0.1) is 5.41 Å². The van der Waals surface area contributed by atoms with E-state index in [9.17, 15) is 9.59 Å². The summed E-state index contributed by atoms with van der Waals surface area (Å²) in [5.74, 6) is 1.64. The summed E-state index contributed by atoms with van der Waals surface area (Å²) < 4.78 is 7.93. The number of piperidine rings is 1. The maximum Gasteiger partial charge on any atom is 0.236 e. The molecular formula is C23H35N7O3. The Labute approximate surface area is 194 Å². The van der Waals surface area contributed by atoms with Crippen molar-refractivity contribution in [1.82, 2.24) is 34.4 Å². The molecule has 10 heteroatoms. The SMILES string of the molecule is CC(C)c1nnc(C2CC3(CCN(C(=O)CCn4ccnc4)CC3)CN2CC(=O)N(C)C)o1. The lowest BCUT2D eigenvalue weighted by Crippen LogP contribution is -2.45. The van der Waals surface area contributed by atoms with Crippen LogP contribution in [0.5, 0.6) is 0 Å². The molecular weight excluding hydrogens is 422 g/mol. The number of carbonyl (C=O) groups is 2. The molecule has 33 heavy (non-hydrogen) atoms. The highest BCUT2D eigenvalue weighted by atomic mass is 16.4. The van der Waals surface area contributed by atoms with Gasteiger partial charge in [0.25, 0.3) is 0 Å². The molecule has 1 atom stereocenters. The zero-order chi connectivity index (χ0) is 23.6. The molecule has 2 aliphatic heterocycles. The van der Waals surface area contributed by atoms with Crippen LogP contribution in [-0.2, 0) is 16.1 Å². The molecule has 2 aliphatic rings. The number of amides is 2. The summed E-state index contributed by atoms with van der Waals surface area (Å²) in [6.07, 6.45) is 8.52. The third-order valence-electron chi connectivity index (χ3n) is 7.00. The summed E-state index contributed by atoms with van der Waals surface area (Å²) in [5.41, 5.74) is 0.0465. The third kappa shape index (κ3) is 5.26. The standard InChI is InChI=1S/C23H35N7O3/c1-17(2)21-25-26-22(33-21)18-13-23(15-30(18)14-20(32)27(3)4)6-10-29(11-7-23)19(31)5-9-28-12-8-24-16-28/h8,12,16-18H,5-7,9-11,13-15H2,1-4H3. The van der Waals surface area contributed by atoms with Gasteiger partial charge >= 0.3 is 0 Å². The van der Waals surface area contributed by atoms with Crippen LogP contribution in [0.1, 0.15) is 63.3 Å². The van der Waals surface area contributed by atoms with Gasteiger partial charge in [-0.2, -0.15) is 0 Å². The number of rotatable bonds is 7. The van der Waals surface area contributed by atoms with Crippen LogP contribution >= 0.6 is 0 Å². The van der Waals surface area contributed by atoms with E-state index in [0.29, 0.717) is 31.3 Å². The Morgan fingerprint density at radius 3 is 2.61 bits per heavy atom. The first kappa shape index (κ1) is 23.4. The molecule has 0 N–H and O–H groups in total. The summed E-state index contributed by atoms with van der Waals surface area (Å²) in [6, 6.07) is -0.0719. The molecule has 2 saturated heterocycles. The van der Waals surface area contributed by atoms with Gasteiger partial charge in [0, 0.05) is 65.0 Å². The number of aromatic nitrogens is 4. The van der Waals surface area contributed by atoms with Gasteiger partial charge < -0.3 is 18.8 Å². The number of imidazole rings is 1. The molecule has 0 bridgehead atoms. The van der Waals surface area contributed by atoms with Crippen molar-refractivity contribution >= 4 is 11.8 Å². The van der Waals surface area contributed by atoms with Gasteiger partial charge in [0.1, 0.15) is 0 Å². The highest BCUT2D eigenvalue weighted by Crippen LogP contribution is 2.48. The number of aryl methyl sites for hydroxylation is 1. The predicted molar refractivity (Wildman–Crippen MR) is 121 cm³/mol. The molecule has 0 aliphatic carbocycles. The van der Waals surface area contributed by atoms with Gasteiger partial charge in [0.05, 0.1) is 18.9 Å². The van der Waals surface area contributed by atoms with Crippen molar-refractivity contribution in [2.24, 2.45) is 5.41 Å². The number of likely N-dealkylation sites (tertiary alicyclic amines) is 2. The maximum atomic E-state index is 12.7. The average Bonchev–Trinajstić information content (AvgIpc) is 3.53. The van der Waals surface area contributed by atoms with E-state index in [0.717, 1.165) is 38.9 Å². The second kappa shape index (κ2) is 9.62. The monoisotopic (exact) mass is 457 g/mol. The van der Waals surface area contributed by atoms with Gasteiger partial charge in [-0.1, -0.05) is 13.8 Å². The number of hydrogen-bond donors (Lipinski definition) is 0. The fourth-order valence-electron chi connectivity index (χ4n) is 4.88.